The summed E-state index contributed by atoms with van der Waals surface area (Å²) in [5.74, 6) is 0.385. The second-order valence-corrected chi connectivity index (χ2v) is 8.15. The van der Waals surface area contributed by atoms with Gasteiger partial charge in [-0.25, -0.2) is 9.97 Å². The molecule has 1 amide bonds. The lowest BCUT2D eigenvalue weighted by Crippen LogP contribution is -2.30. The van der Waals surface area contributed by atoms with Crippen molar-refractivity contribution in [3.8, 4) is 23.1 Å². The van der Waals surface area contributed by atoms with Crippen LogP contribution in [-0.2, 0) is 4.79 Å². The number of nitrogens with one attached hydrogen (secondary N) is 1. The van der Waals surface area contributed by atoms with Gasteiger partial charge in [0.05, 0.1) is 17.2 Å². The minimum atomic E-state index is -4.78. The van der Waals surface area contributed by atoms with Gasteiger partial charge in [-0.05, 0) is 73.7 Å². The first kappa shape index (κ1) is 24.3. The van der Waals surface area contributed by atoms with Crippen molar-refractivity contribution in [1.82, 2.24) is 9.97 Å². The molecule has 0 spiro atoms. The van der Waals surface area contributed by atoms with E-state index < -0.39 is 18.4 Å². The SMILES string of the molecule is CC(Oc1ccc(Oc2cnc3cc(Br)ccc3n2)cc1)C(=O)Nc1ccc(OC(F)(F)F)cc1. The summed E-state index contributed by atoms with van der Waals surface area (Å²) >= 11 is 3.39. The van der Waals surface area contributed by atoms with Crippen molar-refractivity contribution < 1.29 is 32.2 Å². The number of carbonyl (C=O) groups excluding carboxylic acids is 1. The molecule has 35 heavy (non-hydrogen) atoms. The maximum Gasteiger partial charge on any atom is 0.573 e. The molecular weight excluding hydrogens is 531 g/mol. The number of fused-ring (bicyclic) bond motifs is 1. The first-order chi connectivity index (χ1) is 16.6. The van der Waals surface area contributed by atoms with Crippen LogP contribution in [0.25, 0.3) is 11.0 Å². The number of hydrogen-bond donors (Lipinski definition) is 1. The average molecular weight is 548 g/mol. The number of halogens is 4. The van der Waals surface area contributed by atoms with Crippen LogP contribution in [0.5, 0.6) is 23.1 Å². The van der Waals surface area contributed by atoms with Crippen LogP contribution < -0.4 is 19.5 Å². The summed E-state index contributed by atoms with van der Waals surface area (Å²) in [6, 6.07) is 16.9. The number of rotatable bonds is 7. The Balaban J connectivity index is 1.32. The van der Waals surface area contributed by atoms with Crippen LogP contribution in [0.15, 0.2) is 77.4 Å². The normalized spacial score (nSPS) is 12.1. The van der Waals surface area contributed by atoms with Gasteiger partial charge in [-0.1, -0.05) is 15.9 Å². The lowest BCUT2D eigenvalue weighted by Gasteiger charge is -2.15. The second-order valence-electron chi connectivity index (χ2n) is 7.24. The molecule has 0 radical (unpaired) electrons. The Kier molecular flexibility index (Phi) is 7.06. The van der Waals surface area contributed by atoms with Crippen LogP contribution in [0.4, 0.5) is 18.9 Å². The molecule has 0 aliphatic rings. The Bertz CT molecular complexity index is 1330. The topological polar surface area (TPSA) is 82.6 Å². The molecule has 3 aromatic carbocycles. The molecule has 0 bridgehead atoms. The van der Waals surface area contributed by atoms with Gasteiger partial charge in [-0.15, -0.1) is 13.2 Å². The monoisotopic (exact) mass is 547 g/mol. The molecule has 1 N–H and O–H groups in total. The molecule has 1 unspecified atom stereocenters. The number of carbonyl (C=O) groups is 1. The van der Waals surface area contributed by atoms with Crippen molar-refractivity contribution in [1.29, 1.82) is 0 Å². The second kappa shape index (κ2) is 10.2. The van der Waals surface area contributed by atoms with Crippen molar-refractivity contribution >= 4 is 38.6 Å². The molecule has 4 aromatic rings. The highest BCUT2D eigenvalue weighted by Crippen LogP contribution is 2.26. The Labute approximate surface area is 206 Å². The largest absolute Gasteiger partial charge is 0.573 e. The van der Waals surface area contributed by atoms with Crippen LogP contribution in [0.3, 0.4) is 0 Å². The summed E-state index contributed by atoms with van der Waals surface area (Å²) in [5.41, 5.74) is 1.72. The fraction of sp³-hybridized carbons (Fsp3) is 0.125. The fourth-order valence-corrected chi connectivity index (χ4v) is 3.31. The zero-order valence-electron chi connectivity index (χ0n) is 18.0. The molecule has 4 rings (SSSR count). The van der Waals surface area contributed by atoms with Crippen LogP contribution in [0.2, 0.25) is 0 Å². The summed E-state index contributed by atoms with van der Waals surface area (Å²) in [6.45, 7) is 1.55. The van der Waals surface area contributed by atoms with Gasteiger partial charge >= 0.3 is 6.36 Å². The molecule has 0 aliphatic heterocycles. The van der Waals surface area contributed by atoms with Gasteiger partial charge in [0, 0.05) is 10.2 Å². The first-order valence-corrected chi connectivity index (χ1v) is 11.0. The Hall–Kier alpha value is -3.86. The van der Waals surface area contributed by atoms with Gasteiger partial charge in [-0.3, -0.25) is 4.79 Å². The molecule has 0 aliphatic carbocycles. The Morgan fingerprint density at radius 2 is 1.60 bits per heavy atom. The average Bonchev–Trinajstić information content (AvgIpc) is 2.81. The summed E-state index contributed by atoms with van der Waals surface area (Å²) in [4.78, 5) is 21.1. The first-order valence-electron chi connectivity index (χ1n) is 10.2. The third kappa shape index (κ3) is 6.82. The summed E-state index contributed by atoms with van der Waals surface area (Å²) < 4.78 is 52.8. The van der Waals surface area contributed by atoms with Crippen LogP contribution >= 0.6 is 15.9 Å². The standard InChI is InChI=1S/C24H17BrF3N3O4/c1-14(23(32)30-16-3-5-19(6-4-16)35-24(26,27)28)33-17-7-9-18(10-8-17)34-22-13-29-21-12-15(25)2-11-20(21)31-22/h2-14H,1H3,(H,30,32). The number of hydrogen-bond acceptors (Lipinski definition) is 6. The molecule has 0 saturated carbocycles. The van der Waals surface area contributed by atoms with E-state index in [1.165, 1.54) is 18.3 Å². The highest BCUT2D eigenvalue weighted by molar-refractivity contribution is 9.10. The van der Waals surface area contributed by atoms with E-state index in [-0.39, 0.29) is 5.75 Å². The van der Waals surface area contributed by atoms with E-state index in [4.69, 9.17) is 9.47 Å². The lowest BCUT2D eigenvalue weighted by molar-refractivity contribution is -0.274. The van der Waals surface area contributed by atoms with Gasteiger partial charge in [-0.2, -0.15) is 0 Å². The quantitative estimate of drug-likeness (QED) is 0.285. The van der Waals surface area contributed by atoms with Crippen LogP contribution in [-0.4, -0.2) is 28.3 Å². The van der Waals surface area contributed by atoms with Crippen molar-refractivity contribution in [3.05, 3.63) is 77.4 Å². The maximum absolute atomic E-state index is 12.4. The minimum absolute atomic E-state index is 0.299. The van der Waals surface area contributed by atoms with E-state index in [1.54, 1.807) is 31.2 Å². The highest BCUT2D eigenvalue weighted by atomic mass is 79.9. The Morgan fingerprint density at radius 1 is 0.943 bits per heavy atom. The molecule has 7 nitrogen and oxygen atoms in total. The number of anilines is 1. The van der Waals surface area contributed by atoms with Crippen molar-refractivity contribution in [2.75, 3.05) is 5.32 Å². The van der Waals surface area contributed by atoms with Gasteiger partial charge in [0.15, 0.2) is 6.10 Å². The van der Waals surface area contributed by atoms with E-state index in [9.17, 15) is 18.0 Å². The number of aromatic nitrogens is 2. The van der Waals surface area contributed by atoms with Crippen molar-refractivity contribution in [2.24, 2.45) is 0 Å². The predicted octanol–water partition coefficient (Wildman–Crippen LogP) is 6.49. The minimum Gasteiger partial charge on any atom is -0.481 e. The summed E-state index contributed by atoms with van der Waals surface area (Å²) in [5, 5.41) is 2.57. The third-order valence-electron chi connectivity index (χ3n) is 4.57. The smallest absolute Gasteiger partial charge is 0.481 e. The molecule has 1 atom stereocenters. The van der Waals surface area contributed by atoms with Crippen LogP contribution in [0.1, 0.15) is 6.92 Å². The number of alkyl halides is 3. The van der Waals surface area contributed by atoms with Gasteiger partial charge in [0.25, 0.3) is 5.91 Å². The van der Waals surface area contributed by atoms with Crippen molar-refractivity contribution in [3.63, 3.8) is 0 Å². The molecule has 0 fully saturated rings. The van der Waals surface area contributed by atoms with E-state index in [2.05, 4.69) is 36.0 Å². The van der Waals surface area contributed by atoms with E-state index >= 15 is 0 Å². The van der Waals surface area contributed by atoms with E-state index in [1.807, 2.05) is 18.2 Å². The van der Waals surface area contributed by atoms with Gasteiger partial charge < -0.3 is 19.5 Å². The van der Waals surface area contributed by atoms with Crippen molar-refractivity contribution in [2.45, 2.75) is 19.4 Å². The number of amides is 1. The fourth-order valence-electron chi connectivity index (χ4n) is 2.96. The highest BCUT2D eigenvalue weighted by Gasteiger charge is 2.31. The zero-order valence-corrected chi connectivity index (χ0v) is 19.6. The molecule has 0 saturated heterocycles. The summed E-state index contributed by atoms with van der Waals surface area (Å²) in [6.07, 6.45) is -4.14. The molecule has 180 valence electrons. The third-order valence-corrected chi connectivity index (χ3v) is 5.06. The van der Waals surface area contributed by atoms with Gasteiger partial charge in [0.2, 0.25) is 5.88 Å². The zero-order chi connectivity index (χ0) is 25.0. The van der Waals surface area contributed by atoms with E-state index in [0.717, 1.165) is 22.1 Å². The van der Waals surface area contributed by atoms with E-state index in [0.29, 0.717) is 28.6 Å². The molecule has 11 heteroatoms. The molecule has 1 aromatic heterocycles. The number of ether oxygens (including phenoxy) is 3. The Morgan fingerprint density at radius 3 is 2.29 bits per heavy atom. The predicted molar refractivity (Wildman–Crippen MR) is 126 cm³/mol. The summed E-state index contributed by atoms with van der Waals surface area (Å²) in [7, 11) is 0. The number of nitrogens with zero attached hydrogens (tertiary/aromatic N) is 2. The van der Waals surface area contributed by atoms with Crippen LogP contribution in [0, 0.1) is 0 Å². The molecular formula is C24H17BrF3N3O4. The number of benzene rings is 3. The lowest BCUT2D eigenvalue weighted by atomic mass is 10.2. The van der Waals surface area contributed by atoms with Gasteiger partial charge in [0.1, 0.15) is 17.2 Å². The molecule has 1 heterocycles. The maximum atomic E-state index is 12.4.